The number of aromatic amines is 1. The molecular formula is C17H24N3O2P. The Morgan fingerprint density at radius 1 is 1.09 bits per heavy atom. The van der Waals surface area contributed by atoms with Gasteiger partial charge >= 0.3 is 0 Å². The minimum Gasteiger partial charge on any atom is -0.494 e. The molecule has 3 rings (SSSR count). The summed E-state index contributed by atoms with van der Waals surface area (Å²) in [6.07, 6.45) is 2.20. The Bertz CT molecular complexity index is 696. The third-order valence-electron chi connectivity index (χ3n) is 4.24. The van der Waals surface area contributed by atoms with Gasteiger partial charge in [-0.25, -0.2) is 0 Å². The Morgan fingerprint density at radius 3 is 2.70 bits per heavy atom. The largest absolute Gasteiger partial charge is 0.494 e. The molecule has 1 aliphatic rings. The lowest BCUT2D eigenvalue weighted by molar-refractivity contribution is 0.188. The molecule has 1 atom stereocenters. The second-order valence-electron chi connectivity index (χ2n) is 6.00. The van der Waals surface area contributed by atoms with Gasteiger partial charge in [0.2, 0.25) is 5.56 Å². The van der Waals surface area contributed by atoms with Crippen LogP contribution in [0.25, 0.3) is 10.9 Å². The van der Waals surface area contributed by atoms with Crippen molar-refractivity contribution in [2.45, 2.75) is 12.8 Å². The van der Waals surface area contributed by atoms with Gasteiger partial charge in [0.1, 0.15) is 5.75 Å². The van der Waals surface area contributed by atoms with Crippen molar-refractivity contribution in [1.29, 1.82) is 0 Å². The predicted octanol–water partition coefficient (Wildman–Crippen LogP) is 2.09. The molecule has 0 bridgehead atoms. The number of pyridine rings is 1. The maximum Gasteiger partial charge on any atom is 0.248 e. The molecule has 1 aromatic heterocycles. The zero-order valence-electron chi connectivity index (χ0n) is 13.3. The summed E-state index contributed by atoms with van der Waals surface area (Å²) in [5.41, 5.74) is 0.741. The summed E-state index contributed by atoms with van der Waals surface area (Å²) in [5, 5.41) is 1.02. The molecule has 1 unspecified atom stereocenters. The summed E-state index contributed by atoms with van der Waals surface area (Å²) >= 11 is 0. The number of ether oxygens (including phenoxy) is 1. The first-order chi connectivity index (χ1) is 11.2. The molecule has 1 saturated heterocycles. The summed E-state index contributed by atoms with van der Waals surface area (Å²) in [4.78, 5) is 16.7. The lowest BCUT2D eigenvalue weighted by Gasteiger charge is -2.32. The van der Waals surface area contributed by atoms with E-state index in [1.54, 1.807) is 6.07 Å². The summed E-state index contributed by atoms with van der Waals surface area (Å²) in [6.45, 7) is 6.44. The molecule has 0 aliphatic carbocycles. The first-order valence-electron chi connectivity index (χ1n) is 8.18. The minimum absolute atomic E-state index is 0.0831. The van der Waals surface area contributed by atoms with Crippen molar-refractivity contribution in [3.8, 4) is 5.75 Å². The average molecular weight is 333 g/mol. The number of H-pyrrole nitrogens is 1. The van der Waals surface area contributed by atoms with E-state index in [-0.39, 0.29) is 5.56 Å². The van der Waals surface area contributed by atoms with E-state index in [0.29, 0.717) is 6.61 Å². The quantitative estimate of drug-likeness (QED) is 0.650. The fourth-order valence-electron chi connectivity index (χ4n) is 2.83. The van der Waals surface area contributed by atoms with Gasteiger partial charge < -0.3 is 14.6 Å². The van der Waals surface area contributed by atoms with Gasteiger partial charge in [-0.15, -0.1) is 0 Å². The first-order valence-corrected chi connectivity index (χ1v) is 8.70. The van der Waals surface area contributed by atoms with Crippen LogP contribution in [0.5, 0.6) is 5.75 Å². The minimum atomic E-state index is -0.0831. The van der Waals surface area contributed by atoms with Gasteiger partial charge in [0.15, 0.2) is 0 Å². The van der Waals surface area contributed by atoms with Crippen LogP contribution in [0.2, 0.25) is 0 Å². The Kier molecular flexibility index (Phi) is 5.65. The number of benzene rings is 1. The Hall–Kier alpha value is -1.42. The highest BCUT2D eigenvalue weighted by Crippen LogP contribution is 2.18. The topological polar surface area (TPSA) is 48.6 Å². The van der Waals surface area contributed by atoms with E-state index in [1.165, 1.54) is 0 Å². The summed E-state index contributed by atoms with van der Waals surface area (Å²) in [7, 11) is 2.78. The van der Waals surface area contributed by atoms with Crippen LogP contribution < -0.4 is 10.3 Å². The van der Waals surface area contributed by atoms with Crippen LogP contribution in [0.4, 0.5) is 0 Å². The van der Waals surface area contributed by atoms with Gasteiger partial charge in [-0.2, -0.15) is 0 Å². The number of piperazine rings is 1. The van der Waals surface area contributed by atoms with Gasteiger partial charge in [0.25, 0.3) is 0 Å². The van der Waals surface area contributed by atoms with Crippen LogP contribution in [0.15, 0.2) is 35.1 Å². The lowest BCUT2D eigenvalue weighted by atomic mass is 10.2. The maximum atomic E-state index is 11.4. The van der Waals surface area contributed by atoms with Crippen LogP contribution in [0, 0.1) is 0 Å². The van der Waals surface area contributed by atoms with Gasteiger partial charge in [0.05, 0.1) is 12.1 Å². The van der Waals surface area contributed by atoms with Gasteiger partial charge in [0, 0.05) is 38.3 Å². The summed E-state index contributed by atoms with van der Waals surface area (Å²) < 4.78 is 8.10. The van der Waals surface area contributed by atoms with E-state index >= 15 is 0 Å². The van der Waals surface area contributed by atoms with Gasteiger partial charge in [-0.05, 0) is 43.0 Å². The molecule has 0 amide bonds. The molecule has 1 aliphatic heterocycles. The second kappa shape index (κ2) is 7.91. The van der Waals surface area contributed by atoms with Crippen LogP contribution in [0.1, 0.15) is 12.8 Å². The Morgan fingerprint density at radius 2 is 1.87 bits per heavy atom. The molecule has 5 nitrogen and oxygen atoms in total. The smallest absolute Gasteiger partial charge is 0.248 e. The number of nitrogens with zero attached hydrogens (tertiary/aromatic N) is 2. The molecular weight excluding hydrogens is 309 g/mol. The van der Waals surface area contributed by atoms with Crippen molar-refractivity contribution < 1.29 is 4.74 Å². The van der Waals surface area contributed by atoms with Gasteiger partial charge in [-0.3, -0.25) is 9.46 Å². The number of rotatable bonds is 6. The van der Waals surface area contributed by atoms with Gasteiger partial charge in [-0.1, -0.05) is 9.39 Å². The number of hydrogen-bond donors (Lipinski definition) is 1. The fourth-order valence-corrected chi connectivity index (χ4v) is 3.06. The SMILES string of the molecule is O=c1ccc2ccc(OCCCCN3CCN(P)CC3)cc2[nH]1. The van der Waals surface area contributed by atoms with Crippen molar-refractivity contribution >= 4 is 20.3 Å². The first kappa shape index (κ1) is 16.4. The highest BCUT2D eigenvalue weighted by molar-refractivity contribution is 7.13. The molecule has 1 aromatic carbocycles. The molecule has 0 radical (unpaired) electrons. The van der Waals surface area contributed by atoms with E-state index in [4.69, 9.17) is 4.74 Å². The van der Waals surface area contributed by atoms with Crippen molar-refractivity contribution in [3.05, 3.63) is 40.7 Å². The highest BCUT2D eigenvalue weighted by atomic mass is 31.0. The predicted molar refractivity (Wildman–Crippen MR) is 97.0 cm³/mol. The van der Waals surface area contributed by atoms with Crippen LogP contribution in [-0.4, -0.2) is 53.9 Å². The molecule has 2 heterocycles. The summed E-state index contributed by atoms with van der Waals surface area (Å²) in [6, 6.07) is 9.20. The monoisotopic (exact) mass is 333 g/mol. The molecule has 1 fully saturated rings. The zero-order chi connectivity index (χ0) is 16.1. The Balaban J connectivity index is 1.41. The zero-order valence-corrected chi connectivity index (χ0v) is 14.5. The third kappa shape index (κ3) is 4.77. The molecule has 0 saturated carbocycles. The van der Waals surface area contributed by atoms with Crippen LogP contribution >= 0.6 is 9.39 Å². The fraction of sp³-hybridized carbons (Fsp3) is 0.471. The molecule has 1 N–H and O–H groups in total. The molecule has 124 valence electrons. The second-order valence-corrected chi connectivity index (χ2v) is 6.74. The maximum absolute atomic E-state index is 11.4. The lowest BCUT2D eigenvalue weighted by Crippen LogP contribution is -2.42. The standard InChI is InChI=1S/C17H24N3O2P/c21-17-6-4-14-3-5-15(13-16(14)18-17)22-12-2-1-7-19-8-10-20(23)11-9-19/h3-6,13H,1-2,7-12,23H2,(H,18,21). The van der Waals surface area contributed by atoms with Crippen molar-refractivity contribution in [1.82, 2.24) is 14.6 Å². The number of fused-ring (bicyclic) bond motifs is 1. The van der Waals surface area contributed by atoms with E-state index in [2.05, 4.69) is 23.9 Å². The van der Waals surface area contributed by atoms with Crippen molar-refractivity contribution in [3.63, 3.8) is 0 Å². The molecule has 23 heavy (non-hydrogen) atoms. The average Bonchev–Trinajstić information content (AvgIpc) is 2.56. The molecule has 6 heteroatoms. The van der Waals surface area contributed by atoms with Crippen LogP contribution in [0.3, 0.4) is 0 Å². The van der Waals surface area contributed by atoms with Crippen molar-refractivity contribution in [2.75, 3.05) is 39.3 Å². The number of unbranched alkanes of at least 4 members (excludes halogenated alkanes) is 1. The summed E-state index contributed by atoms with van der Waals surface area (Å²) in [5.74, 6) is 0.816. The number of aromatic nitrogens is 1. The van der Waals surface area contributed by atoms with Crippen molar-refractivity contribution in [2.24, 2.45) is 0 Å². The van der Waals surface area contributed by atoms with E-state index in [9.17, 15) is 4.79 Å². The molecule has 2 aromatic rings. The number of hydrogen-bond acceptors (Lipinski definition) is 4. The van der Waals surface area contributed by atoms with Crippen LogP contribution in [-0.2, 0) is 0 Å². The van der Waals surface area contributed by atoms with E-state index in [0.717, 1.165) is 62.2 Å². The van der Waals surface area contributed by atoms with E-state index < -0.39 is 0 Å². The highest BCUT2D eigenvalue weighted by Gasteiger charge is 2.12. The van der Waals surface area contributed by atoms with E-state index in [1.807, 2.05) is 24.3 Å². The third-order valence-corrected chi connectivity index (χ3v) is 4.76. The number of nitrogens with one attached hydrogen (secondary N) is 1. The Labute approximate surface area is 138 Å². The molecule has 0 spiro atoms. The normalized spacial score (nSPS) is 16.7.